The molecule has 8 fully saturated rings. The zero-order chi connectivity index (χ0) is 81.6. The Morgan fingerprint density at radius 2 is 0.647 bits per heavy atom. The molecule has 2 unspecified atom stereocenters. The number of hydrogen-bond donors (Lipinski definition) is 9. The first-order chi connectivity index (χ1) is 45.0. The summed E-state index contributed by atoms with van der Waals surface area (Å²) in [6.45, 7) is 108. The Hall–Kier alpha value is -0.400. The lowest BCUT2D eigenvalue weighted by atomic mass is 9.69. The lowest BCUT2D eigenvalue weighted by Crippen LogP contribution is -2.53. The highest BCUT2D eigenvalue weighted by Gasteiger charge is 2.42. The van der Waals surface area contributed by atoms with E-state index in [0.29, 0.717) is 73.6 Å². The molecular weight excluding hydrogens is 1250 g/mol. The average Bonchev–Trinajstić information content (AvgIpc) is 1.66. The van der Waals surface area contributed by atoms with Gasteiger partial charge in [0.2, 0.25) is 0 Å². The number of rotatable bonds is 12. The number of ether oxygens (including phenoxy) is 1. The summed E-state index contributed by atoms with van der Waals surface area (Å²) in [5, 5.41) is 31.4. The van der Waals surface area contributed by atoms with E-state index in [9.17, 15) is 0 Å². The van der Waals surface area contributed by atoms with Crippen LogP contribution in [0.2, 0.25) is 0 Å². The fraction of sp³-hybridized carbons (Fsp3) is 1.00. The van der Waals surface area contributed by atoms with Crippen molar-refractivity contribution < 1.29 is 4.74 Å². The van der Waals surface area contributed by atoms with Crippen LogP contribution in [0.15, 0.2) is 0 Å². The van der Waals surface area contributed by atoms with Gasteiger partial charge in [-0.05, 0) is 363 Å². The molecule has 10 nitrogen and oxygen atoms in total. The molecule has 0 aromatic carbocycles. The van der Waals surface area contributed by atoms with E-state index in [1.807, 2.05) is 0 Å². The van der Waals surface area contributed by atoms with Crippen LogP contribution in [0.5, 0.6) is 0 Å². The fourth-order valence-electron chi connectivity index (χ4n) is 12.2. The molecule has 0 aromatic rings. The van der Waals surface area contributed by atoms with Crippen LogP contribution < -0.4 is 47.9 Å². The van der Waals surface area contributed by atoms with Crippen molar-refractivity contribution in [2.24, 2.45) is 45.8 Å². The highest BCUT2D eigenvalue weighted by Crippen LogP contribution is 2.50. The average molecular weight is 1450 g/mol. The SMILES string of the molecule is CC(C)(C)C1CC1.CC(C)(C)C1CCC1.CC(C)(C)NC1(C)CC1.CC(C)(C)NC1(C)CC1.CC(C)(C)NC1CC1.CC(C)(C)NC1CCC1.CC(C)(C)NC1COC1.CC(C)CNC(C)(C)C.CC(C)NC(C)(C)C.CC1CC1C(C)(C)C.CC[C@@H](C)NC(C)(C)C.CC[C@H](C)NC(C)(C)C. The summed E-state index contributed by atoms with van der Waals surface area (Å²) in [6.07, 6.45) is 23.6. The van der Waals surface area contributed by atoms with E-state index >= 15 is 0 Å². The second kappa shape index (κ2) is 46.4. The van der Waals surface area contributed by atoms with Crippen molar-refractivity contribution in [2.45, 2.75) is 532 Å². The molecule has 0 amide bonds. The Labute approximate surface area is 646 Å². The predicted octanol–water partition coefficient (Wildman–Crippen LogP) is 24.2. The minimum atomic E-state index is 0.244. The van der Waals surface area contributed by atoms with Crippen LogP contribution in [0, 0.1) is 45.8 Å². The quantitative estimate of drug-likeness (QED) is 0.0935. The van der Waals surface area contributed by atoms with E-state index in [1.54, 1.807) is 0 Å². The van der Waals surface area contributed by atoms with E-state index in [4.69, 9.17) is 4.74 Å². The zero-order valence-electron chi connectivity index (χ0n) is 79.4. The molecule has 4 atom stereocenters. The Kier molecular flexibility index (Phi) is 49.1. The van der Waals surface area contributed by atoms with Crippen LogP contribution in [0.1, 0.15) is 435 Å². The van der Waals surface area contributed by atoms with Crippen molar-refractivity contribution in [1.82, 2.24) is 47.9 Å². The second-order valence-corrected chi connectivity index (χ2v) is 47.0. The zero-order valence-corrected chi connectivity index (χ0v) is 79.4. The maximum Gasteiger partial charge on any atom is 0.0643 e. The van der Waals surface area contributed by atoms with Crippen LogP contribution in [-0.2, 0) is 4.74 Å². The van der Waals surface area contributed by atoms with Gasteiger partial charge in [0.25, 0.3) is 0 Å². The molecule has 0 radical (unpaired) electrons. The second-order valence-electron chi connectivity index (χ2n) is 47.0. The van der Waals surface area contributed by atoms with Gasteiger partial charge in [-0.1, -0.05) is 124 Å². The maximum atomic E-state index is 5.02. The normalized spacial score (nSPS) is 20.9. The maximum absolute atomic E-state index is 5.02. The van der Waals surface area contributed by atoms with Gasteiger partial charge in [0.1, 0.15) is 0 Å². The lowest BCUT2D eigenvalue weighted by molar-refractivity contribution is -0.0150. The molecule has 1 saturated heterocycles. The topological polar surface area (TPSA) is 118 Å². The summed E-state index contributed by atoms with van der Waals surface area (Å²) in [5.41, 5.74) is 5.36. The summed E-state index contributed by atoms with van der Waals surface area (Å²) in [6, 6.07) is 4.15. The summed E-state index contributed by atoms with van der Waals surface area (Å²) in [5.74, 6) is 4.86. The molecule has 8 aliphatic rings. The molecule has 1 aliphatic heterocycles. The van der Waals surface area contributed by atoms with E-state index in [0.717, 1.165) is 61.4 Å². The molecule has 102 heavy (non-hydrogen) atoms. The van der Waals surface area contributed by atoms with Crippen molar-refractivity contribution in [1.29, 1.82) is 0 Å². The van der Waals surface area contributed by atoms with Gasteiger partial charge in [-0.3, -0.25) is 0 Å². The fourth-order valence-corrected chi connectivity index (χ4v) is 12.2. The summed E-state index contributed by atoms with van der Waals surface area (Å²) in [4.78, 5) is 0. The molecule has 0 spiro atoms. The largest absolute Gasteiger partial charge is 0.378 e. The summed E-state index contributed by atoms with van der Waals surface area (Å²) >= 11 is 0. The molecule has 1 heterocycles. The number of hydrogen-bond acceptors (Lipinski definition) is 10. The van der Waals surface area contributed by atoms with Gasteiger partial charge >= 0.3 is 0 Å². The van der Waals surface area contributed by atoms with Gasteiger partial charge in [0.15, 0.2) is 0 Å². The van der Waals surface area contributed by atoms with Crippen LogP contribution >= 0.6 is 0 Å². The van der Waals surface area contributed by atoms with Gasteiger partial charge in [-0.25, -0.2) is 0 Å². The van der Waals surface area contributed by atoms with Crippen LogP contribution in [0.4, 0.5) is 0 Å². The van der Waals surface area contributed by atoms with Crippen molar-refractivity contribution in [3.63, 3.8) is 0 Å². The third-order valence-electron chi connectivity index (χ3n) is 18.3. The lowest BCUT2D eigenvalue weighted by Gasteiger charge is -2.37. The molecular formula is C92H201N9O. The molecule has 9 N–H and O–H groups in total. The molecule has 10 heteroatoms. The van der Waals surface area contributed by atoms with Gasteiger partial charge in [-0.15, -0.1) is 0 Å². The minimum Gasteiger partial charge on any atom is -0.378 e. The molecule has 0 aromatic heterocycles. The van der Waals surface area contributed by atoms with Crippen LogP contribution in [0.3, 0.4) is 0 Å². The van der Waals surface area contributed by atoms with Crippen molar-refractivity contribution in [2.75, 3.05) is 19.8 Å². The molecule has 8 rings (SSSR count). The minimum absolute atomic E-state index is 0.244. The van der Waals surface area contributed by atoms with Crippen molar-refractivity contribution in [3.05, 3.63) is 0 Å². The van der Waals surface area contributed by atoms with Crippen molar-refractivity contribution >= 4 is 0 Å². The number of nitrogens with one attached hydrogen (secondary N) is 9. The van der Waals surface area contributed by atoms with E-state index in [2.05, 4.69) is 373 Å². The van der Waals surface area contributed by atoms with E-state index < -0.39 is 0 Å². The molecule has 7 aliphatic carbocycles. The smallest absolute Gasteiger partial charge is 0.0643 e. The van der Waals surface area contributed by atoms with Crippen molar-refractivity contribution in [3.8, 4) is 0 Å². The van der Waals surface area contributed by atoms with E-state index in [-0.39, 0.29) is 27.7 Å². The summed E-state index contributed by atoms with van der Waals surface area (Å²) in [7, 11) is 0. The third kappa shape index (κ3) is 80.6. The summed E-state index contributed by atoms with van der Waals surface area (Å²) < 4.78 is 5.02. The first-order valence-corrected chi connectivity index (χ1v) is 42.6. The third-order valence-corrected chi connectivity index (χ3v) is 18.3. The van der Waals surface area contributed by atoms with Gasteiger partial charge in [0, 0.05) is 91.1 Å². The highest BCUT2D eigenvalue weighted by molar-refractivity contribution is 5.02. The Bertz CT molecular complexity index is 1870. The van der Waals surface area contributed by atoms with Gasteiger partial charge in [-0.2, -0.15) is 0 Å². The Morgan fingerprint density at radius 1 is 0.353 bits per heavy atom. The molecule has 0 bridgehead atoms. The Morgan fingerprint density at radius 3 is 0.706 bits per heavy atom. The van der Waals surface area contributed by atoms with E-state index in [1.165, 1.54) is 109 Å². The highest BCUT2D eigenvalue weighted by atomic mass is 16.5. The van der Waals surface area contributed by atoms with Gasteiger partial charge in [0.05, 0.1) is 19.3 Å². The first-order valence-electron chi connectivity index (χ1n) is 42.6. The monoisotopic (exact) mass is 1450 g/mol. The van der Waals surface area contributed by atoms with Crippen LogP contribution in [0.25, 0.3) is 0 Å². The molecule has 7 saturated carbocycles. The predicted molar refractivity (Wildman–Crippen MR) is 467 cm³/mol. The van der Waals surface area contributed by atoms with Crippen LogP contribution in [-0.4, -0.2) is 117 Å². The standard InChI is InChI=1S/3C8H17N.3C8H19N.2C8H16.C7H15NO.C7H15N.C7H17N.C7H14/c2*1-7(2,3)9-8(4)5-6-8;1-8(2,3)9-7-5-4-6-7;1-7(2)6-9-8(3,4)5;2*1-6-7(2)9-8(3,4)5;1-6-5-7(6)8(2,3)4;1-8(2,3)7-5-4-6-7;1-7(2,3)8-6-4-9-5-6;1-7(2,3)8-6-4-5-6;1-6(2)8-7(3,4)5;1-7(2,3)6-4-5-6/h2*9H,5-6H2,1-4H3;7,9H,4-6H2,1-3H3;3*7,9H,6H2,1-5H3;6-7H,5H2,1-4H3;7H,4-6H2,1-3H3;6,8H,4-5H2,1-3H3;6,8H,4-5H2,1-3H3;6,8H,1-5H3;6H,4-5H2,1-3H3/t;;;;2*7-;;;;;;/m....10....../s1. The first kappa shape index (κ1) is 108. The Balaban J connectivity index is -0.000000514. The van der Waals surface area contributed by atoms with Gasteiger partial charge < -0.3 is 52.6 Å². The molecule has 620 valence electrons.